The molecule has 1 aromatic heterocycles. The summed E-state index contributed by atoms with van der Waals surface area (Å²) in [5, 5.41) is 19.8. The fourth-order valence-electron chi connectivity index (χ4n) is 6.41. The maximum absolute atomic E-state index is 14.1. The molecule has 39 heavy (non-hydrogen) atoms. The minimum Gasteiger partial charge on any atom is -0.851 e. The summed E-state index contributed by atoms with van der Waals surface area (Å²) in [5.41, 5.74) is 6.56. The molecule has 3 aliphatic rings. The number of benzene rings is 3. The summed E-state index contributed by atoms with van der Waals surface area (Å²) in [6, 6.07) is 25.9. The topological polar surface area (TPSA) is 62.6 Å². The van der Waals surface area contributed by atoms with Crippen LogP contribution in [0.15, 0.2) is 90.6 Å². The molecule has 1 saturated carbocycles. The molecule has 195 valence electrons. The molecular formula is C31H27AlClN3O3-. The van der Waals surface area contributed by atoms with Crippen LogP contribution in [0.4, 0.5) is 5.69 Å². The van der Waals surface area contributed by atoms with Crippen molar-refractivity contribution in [3.63, 3.8) is 0 Å². The van der Waals surface area contributed by atoms with Crippen LogP contribution in [0, 0.1) is 5.92 Å². The minimum absolute atomic E-state index is 0.274. The van der Waals surface area contributed by atoms with Gasteiger partial charge in [-0.25, -0.2) is 4.68 Å². The Morgan fingerprint density at radius 2 is 1.74 bits per heavy atom. The van der Waals surface area contributed by atoms with E-state index in [0.717, 1.165) is 39.5 Å². The van der Waals surface area contributed by atoms with Crippen LogP contribution < -0.4 is 13.8 Å². The van der Waals surface area contributed by atoms with Crippen LogP contribution >= 0.6 is 11.6 Å². The fourth-order valence-corrected chi connectivity index (χ4v) is 7.44. The highest BCUT2D eigenvalue weighted by Gasteiger charge is 2.51. The third-order valence-corrected chi connectivity index (χ3v) is 9.42. The molecule has 8 heteroatoms. The van der Waals surface area contributed by atoms with Crippen LogP contribution in [0.2, 0.25) is 5.02 Å². The molecule has 4 aromatic rings. The van der Waals surface area contributed by atoms with Crippen LogP contribution in [-0.2, 0) is 9.20 Å². The van der Waals surface area contributed by atoms with Crippen LogP contribution in [0.3, 0.4) is 0 Å². The number of likely N-dealkylation sites (N-methyl/N-ethyl adjacent to an activating group) is 1. The van der Waals surface area contributed by atoms with Crippen LogP contribution in [0.5, 0.6) is 5.88 Å². The largest absolute Gasteiger partial charge is 0.851 e. The molecule has 6 nitrogen and oxygen atoms in total. The van der Waals surface area contributed by atoms with E-state index in [4.69, 9.17) is 24.3 Å². The Balaban J connectivity index is 1.31. The summed E-state index contributed by atoms with van der Waals surface area (Å²) in [5.74, 6) is -0.0340. The maximum Gasteiger partial charge on any atom is 0.775 e. The van der Waals surface area contributed by atoms with Gasteiger partial charge in [-0.15, -0.1) is 6.10 Å². The van der Waals surface area contributed by atoms with E-state index in [0.29, 0.717) is 10.9 Å². The van der Waals surface area contributed by atoms with Gasteiger partial charge in [0.25, 0.3) is 0 Å². The molecular weight excluding hydrogens is 525 g/mol. The van der Waals surface area contributed by atoms with Crippen molar-refractivity contribution < 1.29 is 12.7 Å². The predicted molar refractivity (Wildman–Crippen MR) is 151 cm³/mol. The first-order valence-electron chi connectivity index (χ1n) is 13.2. The van der Waals surface area contributed by atoms with Crippen molar-refractivity contribution in [2.75, 3.05) is 11.9 Å². The number of anilines is 1. The van der Waals surface area contributed by atoms with E-state index in [1.165, 1.54) is 0 Å². The van der Waals surface area contributed by atoms with Gasteiger partial charge in [0.05, 0.1) is 5.69 Å². The molecule has 2 aliphatic heterocycles. The Labute approximate surface area is 239 Å². The Morgan fingerprint density at radius 1 is 1.03 bits per heavy atom. The van der Waals surface area contributed by atoms with E-state index in [-0.39, 0.29) is 23.4 Å². The highest BCUT2D eigenvalue weighted by atomic mass is 35.5. The van der Waals surface area contributed by atoms with Gasteiger partial charge < -0.3 is 17.6 Å². The smallest absolute Gasteiger partial charge is 0.775 e. The normalized spacial score (nSPS) is 25.6. The predicted octanol–water partition coefficient (Wildman–Crippen LogP) is 5.26. The number of rotatable bonds is 3. The van der Waals surface area contributed by atoms with Crippen LogP contribution in [0.1, 0.15) is 30.9 Å². The van der Waals surface area contributed by atoms with Gasteiger partial charge in [-0.2, -0.15) is 5.10 Å². The SMILES string of the molecule is CN1/C(=C\C2C([O-])C3c4c(-c5ccccc5)nn(-c5ccccc5)c4[O][Al][O]C23)C(C)(C)c2cc(Cl)ccc21. The van der Waals surface area contributed by atoms with E-state index in [2.05, 4.69) is 37.9 Å². The maximum atomic E-state index is 14.1. The molecule has 1 radical (unpaired) electrons. The molecule has 4 atom stereocenters. The van der Waals surface area contributed by atoms with Crippen LogP contribution in [0.25, 0.3) is 16.9 Å². The molecule has 1 aliphatic carbocycles. The van der Waals surface area contributed by atoms with Gasteiger partial charge >= 0.3 is 15.9 Å². The molecule has 0 spiro atoms. The number of nitrogens with zero attached hydrogens (tertiary/aromatic N) is 3. The number of hydrogen-bond acceptors (Lipinski definition) is 5. The number of hydrogen-bond donors (Lipinski definition) is 0. The zero-order valence-electron chi connectivity index (χ0n) is 21.9. The Hall–Kier alpha value is -3.05. The molecule has 0 saturated heterocycles. The average molecular weight is 552 g/mol. The zero-order valence-corrected chi connectivity index (χ0v) is 23.8. The zero-order chi connectivity index (χ0) is 26.9. The van der Waals surface area contributed by atoms with Crippen LogP contribution in [-0.4, -0.2) is 44.9 Å². The number of fused-ring (bicyclic) bond motifs is 4. The van der Waals surface area contributed by atoms with Gasteiger partial charge in [0.2, 0.25) is 0 Å². The van der Waals surface area contributed by atoms with Crippen molar-refractivity contribution in [1.82, 2.24) is 9.78 Å². The van der Waals surface area contributed by atoms with E-state index >= 15 is 0 Å². The Kier molecular flexibility index (Phi) is 5.93. The van der Waals surface area contributed by atoms with E-state index in [1.54, 1.807) is 0 Å². The molecule has 4 unspecified atom stereocenters. The highest BCUT2D eigenvalue weighted by Crippen LogP contribution is 2.54. The first-order valence-corrected chi connectivity index (χ1v) is 14.5. The second kappa shape index (κ2) is 9.26. The monoisotopic (exact) mass is 551 g/mol. The quantitative estimate of drug-likeness (QED) is 0.325. The van der Waals surface area contributed by atoms with Crippen molar-refractivity contribution in [3.8, 4) is 22.8 Å². The summed E-state index contributed by atoms with van der Waals surface area (Å²) < 4.78 is 14.5. The number of para-hydroxylation sites is 1. The third-order valence-electron chi connectivity index (χ3n) is 8.44. The van der Waals surface area contributed by atoms with Crippen molar-refractivity contribution in [2.45, 2.75) is 37.4 Å². The van der Waals surface area contributed by atoms with Gasteiger partial charge in [0.1, 0.15) is 5.69 Å². The van der Waals surface area contributed by atoms with Crippen molar-refractivity contribution in [2.24, 2.45) is 5.92 Å². The summed E-state index contributed by atoms with van der Waals surface area (Å²) in [6.45, 7) is 4.37. The summed E-state index contributed by atoms with van der Waals surface area (Å²) in [4.78, 5) is 2.18. The number of aromatic nitrogens is 2. The lowest BCUT2D eigenvalue weighted by Crippen LogP contribution is -2.60. The second-order valence-electron chi connectivity index (χ2n) is 11.0. The van der Waals surface area contributed by atoms with Gasteiger partial charge in [-0.1, -0.05) is 80.1 Å². The molecule has 0 amide bonds. The van der Waals surface area contributed by atoms with Gasteiger partial charge in [0.15, 0.2) is 5.88 Å². The molecule has 3 heterocycles. The summed E-state index contributed by atoms with van der Waals surface area (Å²) in [7, 11) is 2.06. The lowest BCUT2D eigenvalue weighted by Gasteiger charge is -2.55. The first kappa shape index (κ1) is 25.0. The lowest BCUT2D eigenvalue weighted by molar-refractivity contribution is -0.466. The molecule has 0 bridgehead atoms. The van der Waals surface area contributed by atoms with Crippen molar-refractivity contribution in [1.29, 1.82) is 0 Å². The van der Waals surface area contributed by atoms with E-state index in [9.17, 15) is 5.11 Å². The fraction of sp³-hybridized carbons (Fsp3) is 0.258. The second-order valence-corrected chi connectivity index (χ2v) is 12.1. The average Bonchev–Trinajstić information content (AvgIpc) is 3.32. The standard InChI is InChI=1S/C31H28ClN3O3.Al/c1-31(2)22-16-19(32)14-15-23(22)34(3)24(31)17-21-28(36)26(29(21)37)25-27(18-10-6-4-7-11-18)33-35(30(25)38)20-12-8-5-9-13-20;/h4-17,21,26,28-29,38H,1-3H3;/q-2;+2/p-1/b24-17-;. The van der Waals surface area contributed by atoms with Gasteiger partial charge in [-0.3, -0.25) is 0 Å². The Bertz CT molecular complexity index is 1590. The molecule has 3 aromatic carbocycles. The highest BCUT2D eigenvalue weighted by molar-refractivity contribution is 6.30. The molecule has 1 fully saturated rings. The number of allylic oxidation sites excluding steroid dienone is 1. The van der Waals surface area contributed by atoms with Gasteiger partial charge in [-0.05, 0) is 41.8 Å². The Morgan fingerprint density at radius 3 is 2.49 bits per heavy atom. The summed E-state index contributed by atoms with van der Waals surface area (Å²) >= 11 is 5.54. The molecule has 7 rings (SSSR count). The first-order chi connectivity index (χ1) is 18.9. The van der Waals surface area contributed by atoms with Gasteiger partial charge in [0, 0.05) is 52.0 Å². The third kappa shape index (κ3) is 3.80. The van der Waals surface area contributed by atoms with Crippen molar-refractivity contribution in [3.05, 3.63) is 107 Å². The summed E-state index contributed by atoms with van der Waals surface area (Å²) in [6.07, 6.45) is 0.972. The van der Waals surface area contributed by atoms with E-state index in [1.807, 2.05) is 77.5 Å². The molecule has 0 N–H and O–H groups in total. The van der Waals surface area contributed by atoms with E-state index < -0.39 is 22.0 Å². The lowest BCUT2D eigenvalue weighted by atomic mass is 9.64. The van der Waals surface area contributed by atoms with Crippen molar-refractivity contribution >= 4 is 33.2 Å². The number of halogens is 1. The minimum atomic E-state index is -0.894.